The Hall–Kier alpha value is -2.97. The number of aromatic carboxylic acids is 1. The number of nitrogens with zero attached hydrogens (tertiary/aromatic N) is 2. The highest BCUT2D eigenvalue weighted by Gasteiger charge is 2.09. The van der Waals surface area contributed by atoms with Crippen LogP contribution in [0.25, 0.3) is 11.4 Å². The zero-order valence-corrected chi connectivity index (χ0v) is 16.2. The van der Waals surface area contributed by atoms with Crippen molar-refractivity contribution < 1.29 is 19.4 Å². The number of carboxylic acids is 1. The molecule has 3 rings (SSSR count). The lowest BCUT2D eigenvalue weighted by Crippen LogP contribution is -2.04. The third kappa shape index (κ3) is 4.85. The van der Waals surface area contributed by atoms with Crippen molar-refractivity contribution in [2.45, 2.75) is 19.6 Å². The van der Waals surface area contributed by atoms with Crippen LogP contribution in [0.4, 0.5) is 0 Å². The molecule has 0 unspecified atom stereocenters. The minimum absolute atomic E-state index is 0.232. The van der Waals surface area contributed by atoms with E-state index >= 15 is 0 Å². The van der Waals surface area contributed by atoms with Gasteiger partial charge in [0.15, 0.2) is 10.6 Å². The van der Waals surface area contributed by atoms with Crippen LogP contribution < -0.4 is 4.74 Å². The summed E-state index contributed by atoms with van der Waals surface area (Å²) in [7, 11) is 1.68. The van der Waals surface area contributed by atoms with Crippen molar-refractivity contribution in [2.24, 2.45) is 0 Å². The summed E-state index contributed by atoms with van der Waals surface area (Å²) in [6.07, 6.45) is 0.851. The molecule has 1 heterocycles. The van der Waals surface area contributed by atoms with E-state index < -0.39 is 5.97 Å². The Bertz CT molecular complexity index is 978. The van der Waals surface area contributed by atoms with Crippen molar-refractivity contribution >= 4 is 18.2 Å². The minimum atomic E-state index is -0.956. The fourth-order valence-electron chi connectivity index (χ4n) is 2.72. The van der Waals surface area contributed by atoms with Crippen LogP contribution in [0.5, 0.6) is 5.75 Å². The van der Waals surface area contributed by atoms with Crippen LogP contribution in [-0.4, -0.2) is 39.6 Å². The van der Waals surface area contributed by atoms with E-state index in [0.29, 0.717) is 23.7 Å². The molecule has 0 aliphatic carbocycles. The van der Waals surface area contributed by atoms with Gasteiger partial charge in [0, 0.05) is 25.8 Å². The number of hydrogen-bond acceptors (Lipinski definition) is 5. The van der Waals surface area contributed by atoms with E-state index in [4.69, 9.17) is 26.8 Å². The molecule has 0 atom stereocenters. The highest BCUT2D eigenvalue weighted by molar-refractivity contribution is 7.71. The van der Waals surface area contributed by atoms with E-state index in [1.807, 2.05) is 28.8 Å². The summed E-state index contributed by atoms with van der Waals surface area (Å²) >= 11 is 5.32. The number of ether oxygens (including phenoxy) is 2. The van der Waals surface area contributed by atoms with Gasteiger partial charge in [-0.1, -0.05) is 24.3 Å². The highest BCUT2D eigenvalue weighted by Crippen LogP contribution is 2.20. The molecule has 1 aromatic heterocycles. The number of methoxy groups -OCH3 is 1. The number of benzene rings is 2. The molecule has 0 spiro atoms. The van der Waals surface area contributed by atoms with Crippen LogP contribution in [0.3, 0.4) is 0 Å². The molecule has 0 aliphatic heterocycles. The van der Waals surface area contributed by atoms with Crippen LogP contribution in [0.15, 0.2) is 48.5 Å². The lowest BCUT2D eigenvalue weighted by Gasteiger charge is -2.09. The van der Waals surface area contributed by atoms with E-state index in [2.05, 4.69) is 10.2 Å². The Balaban J connectivity index is 1.65. The summed E-state index contributed by atoms with van der Waals surface area (Å²) in [6, 6.07) is 14.2. The standard InChI is InChI=1S/C20H21N3O4S/c1-26-12-2-11-23-18(21-22-20(23)28)15-5-3-14(4-6-15)13-27-17-9-7-16(8-10-17)19(24)25/h3-10H,2,11-13H2,1H3,(H,22,28)(H,24,25). The number of rotatable bonds is 9. The van der Waals surface area contributed by atoms with Crippen molar-refractivity contribution in [2.75, 3.05) is 13.7 Å². The molecule has 146 valence electrons. The van der Waals surface area contributed by atoms with Gasteiger partial charge in [-0.15, -0.1) is 0 Å². The maximum atomic E-state index is 10.9. The molecule has 2 N–H and O–H groups in total. The van der Waals surface area contributed by atoms with Crippen LogP contribution >= 0.6 is 12.2 Å². The molecular weight excluding hydrogens is 378 g/mol. The van der Waals surface area contributed by atoms with Gasteiger partial charge in [-0.3, -0.25) is 5.10 Å². The van der Waals surface area contributed by atoms with Crippen LogP contribution in [0, 0.1) is 4.77 Å². The monoisotopic (exact) mass is 399 g/mol. The Morgan fingerprint density at radius 1 is 1.18 bits per heavy atom. The second-order valence-corrected chi connectivity index (χ2v) is 6.55. The smallest absolute Gasteiger partial charge is 0.335 e. The SMILES string of the molecule is COCCCn1c(-c2ccc(COc3ccc(C(=O)O)cc3)cc2)n[nH]c1=S. The van der Waals surface area contributed by atoms with Gasteiger partial charge in [-0.25, -0.2) is 4.79 Å². The van der Waals surface area contributed by atoms with Crippen LogP contribution in [-0.2, 0) is 17.9 Å². The lowest BCUT2D eigenvalue weighted by molar-refractivity contribution is 0.0697. The molecule has 0 saturated carbocycles. The maximum Gasteiger partial charge on any atom is 0.335 e. The van der Waals surface area contributed by atoms with Crippen molar-refractivity contribution in [3.8, 4) is 17.1 Å². The Morgan fingerprint density at radius 3 is 2.54 bits per heavy atom. The quantitative estimate of drug-likeness (QED) is 0.419. The van der Waals surface area contributed by atoms with E-state index in [9.17, 15) is 4.79 Å². The molecular formula is C20H21N3O4S. The van der Waals surface area contributed by atoms with E-state index in [0.717, 1.165) is 29.9 Å². The third-order valence-corrected chi connectivity index (χ3v) is 4.52. The van der Waals surface area contributed by atoms with Crippen molar-refractivity contribution in [3.05, 3.63) is 64.4 Å². The van der Waals surface area contributed by atoms with Crippen LogP contribution in [0.2, 0.25) is 0 Å². The number of nitrogens with one attached hydrogen (secondary N) is 1. The predicted octanol–water partition coefficient (Wildman–Crippen LogP) is 3.92. The summed E-state index contributed by atoms with van der Waals surface area (Å²) in [5, 5.41) is 16.1. The van der Waals surface area contributed by atoms with Crippen molar-refractivity contribution in [1.29, 1.82) is 0 Å². The first-order chi connectivity index (χ1) is 13.6. The largest absolute Gasteiger partial charge is 0.489 e. The first-order valence-electron chi connectivity index (χ1n) is 8.78. The highest BCUT2D eigenvalue weighted by atomic mass is 32.1. The molecule has 3 aromatic rings. The minimum Gasteiger partial charge on any atom is -0.489 e. The predicted molar refractivity (Wildman–Crippen MR) is 107 cm³/mol. The molecule has 0 amide bonds. The number of H-pyrrole nitrogens is 1. The zero-order valence-electron chi connectivity index (χ0n) is 15.4. The van der Waals surface area contributed by atoms with Crippen LogP contribution in [0.1, 0.15) is 22.3 Å². The topological polar surface area (TPSA) is 89.4 Å². The van der Waals surface area contributed by atoms with E-state index in [1.165, 1.54) is 12.1 Å². The fourth-order valence-corrected chi connectivity index (χ4v) is 2.95. The molecule has 0 aliphatic rings. The number of aromatic amines is 1. The first kappa shape index (κ1) is 19.8. The van der Waals surface area contributed by atoms with Gasteiger partial charge >= 0.3 is 5.97 Å². The summed E-state index contributed by atoms with van der Waals surface area (Å²) in [5.74, 6) is 0.452. The van der Waals surface area contributed by atoms with Crippen molar-refractivity contribution in [3.63, 3.8) is 0 Å². The van der Waals surface area contributed by atoms with Gasteiger partial charge in [-0.05, 0) is 48.5 Å². The van der Waals surface area contributed by atoms with E-state index in [1.54, 1.807) is 19.2 Å². The first-order valence-corrected chi connectivity index (χ1v) is 9.19. The molecule has 0 fully saturated rings. The Morgan fingerprint density at radius 2 is 1.89 bits per heavy atom. The third-order valence-electron chi connectivity index (χ3n) is 4.21. The van der Waals surface area contributed by atoms with Gasteiger partial charge in [0.25, 0.3) is 0 Å². The number of aromatic nitrogens is 3. The van der Waals surface area contributed by atoms with Crippen molar-refractivity contribution in [1.82, 2.24) is 14.8 Å². The van der Waals surface area contributed by atoms with Gasteiger partial charge < -0.3 is 19.1 Å². The lowest BCUT2D eigenvalue weighted by atomic mass is 10.1. The molecule has 0 radical (unpaired) electrons. The molecule has 0 saturated heterocycles. The Labute approximate surface area is 167 Å². The summed E-state index contributed by atoms with van der Waals surface area (Å²) in [5.41, 5.74) is 2.18. The van der Waals surface area contributed by atoms with Gasteiger partial charge in [-0.2, -0.15) is 5.10 Å². The molecule has 8 heteroatoms. The fraction of sp³-hybridized carbons (Fsp3) is 0.250. The molecule has 0 bridgehead atoms. The van der Waals surface area contributed by atoms with Gasteiger partial charge in [0.1, 0.15) is 12.4 Å². The molecule has 7 nitrogen and oxygen atoms in total. The van der Waals surface area contributed by atoms with Gasteiger partial charge in [0.05, 0.1) is 5.56 Å². The van der Waals surface area contributed by atoms with E-state index in [-0.39, 0.29) is 5.56 Å². The normalized spacial score (nSPS) is 10.8. The number of carbonyl (C=O) groups is 1. The van der Waals surface area contributed by atoms with Gasteiger partial charge in [0.2, 0.25) is 0 Å². The molecule has 28 heavy (non-hydrogen) atoms. The average Bonchev–Trinajstić information content (AvgIpc) is 3.08. The average molecular weight is 399 g/mol. The summed E-state index contributed by atoms with van der Waals surface area (Å²) < 4.78 is 13.4. The summed E-state index contributed by atoms with van der Waals surface area (Å²) in [4.78, 5) is 10.9. The maximum absolute atomic E-state index is 10.9. The zero-order chi connectivity index (χ0) is 19.9. The molecule has 2 aromatic carbocycles. The Kier molecular flexibility index (Phi) is 6.57. The second-order valence-electron chi connectivity index (χ2n) is 6.17. The summed E-state index contributed by atoms with van der Waals surface area (Å²) in [6.45, 7) is 1.78. The number of hydrogen-bond donors (Lipinski definition) is 2. The second kappa shape index (κ2) is 9.29. The number of carboxylic acid groups (broad SMARTS) is 1.